The highest BCUT2D eigenvalue weighted by Crippen LogP contribution is 2.11. The van der Waals surface area contributed by atoms with Gasteiger partial charge in [-0.2, -0.15) is 0 Å². The first-order valence-corrected chi connectivity index (χ1v) is 16.7. The highest BCUT2D eigenvalue weighted by atomic mass is 16.9. The van der Waals surface area contributed by atoms with Gasteiger partial charge in [0, 0.05) is 65.1 Å². The molecule has 0 aliphatic rings. The van der Waals surface area contributed by atoms with E-state index < -0.39 is 36.3 Å². The van der Waals surface area contributed by atoms with Gasteiger partial charge in [-0.1, -0.05) is 32.1 Å². The Bertz CT molecular complexity index is 705. The number of aliphatic hydroxyl groups excluding tert-OH is 5. The molecule has 0 radical (unpaired) electrons. The fraction of sp³-hybridized carbons (Fsp3) is 0.844. The molecule has 5 N–H and O–H groups in total. The molecule has 0 heterocycles. The zero-order valence-electron chi connectivity index (χ0n) is 27.8. The summed E-state index contributed by atoms with van der Waals surface area (Å²) in [6.45, 7) is -1.68. The first-order valence-electron chi connectivity index (χ1n) is 16.7. The first kappa shape index (κ1) is 46.3. The Kier molecular flexibility index (Phi) is 35.4. The van der Waals surface area contributed by atoms with Gasteiger partial charge in [0.25, 0.3) is 0 Å². The normalized spacial score (nSPS) is 10.5. The third-order valence-corrected chi connectivity index (χ3v) is 6.32. The van der Waals surface area contributed by atoms with Crippen molar-refractivity contribution < 1.29 is 73.2 Å². The molecule has 0 aromatic rings. The Morgan fingerprint density at radius 1 is 0.340 bits per heavy atom. The lowest BCUT2D eigenvalue weighted by Gasteiger charge is -2.18. The van der Waals surface area contributed by atoms with Gasteiger partial charge in [-0.15, -0.1) is 0 Å². The van der Waals surface area contributed by atoms with Crippen molar-refractivity contribution in [2.24, 2.45) is 0 Å². The third kappa shape index (κ3) is 35.8. The monoisotopic (exact) mass is 682 g/mol. The van der Waals surface area contributed by atoms with E-state index in [-0.39, 0.29) is 71.9 Å². The highest BCUT2D eigenvalue weighted by molar-refractivity contribution is 5.73. The standard InChI is InChI=1S/C19H34O9.C13H24O6/c20-13-7-1-4-10-16(23)26-19(27-17(24)11-5-2-8-14-21)28-18(25)12-6-3-9-15-22;14-9-5-1-3-7-12(16)18-11-19-13(17)8-4-2-6-10-15/h19-22H,1-15H2;14-15H,1-11H2. The average molecular weight is 683 g/mol. The Labute approximate surface area is 277 Å². The fourth-order valence-corrected chi connectivity index (χ4v) is 3.67. The van der Waals surface area contributed by atoms with Gasteiger partial charge in [-0.3, -0.25) is 24.0 Å². The molecule has 276 valence electrons. The molecule has 0 aliphatic heterocycles. The molecule has 0 aromatic heterocycles. The number of ether oxygens (including phenoxy) is 5. The number of hydrogen-bond acceptors (Lipinski definition) is 15. The largest absolute Gasteiger partial charge is 0.428 e. The van der Waals surface area contributed by atoms with Crippen LogP contribution >= 0.6 is 0 Å². The molecule has 0 saturated carbocycles. The molecular formula is C32H58O15. The summed E-state index contributed by atoms with van der Waals surface area (Å²) in [5.74, 6) is -2.78. The number of rotatable bonds is 30. The lowest BCUT2D eigenvalue weighted by Crippen LogP contribution is -2.29. The molecule has 0 atom stereocenters. The van der Waals surface area contributed by atoms with Gasteiger partial charge in [0.15, 0.2) is 0 Å². The van der Waals surface area contributed by atoms with Crippen molar-refractivity contribution in [3.8, 4) is 0 Å². The Hall–Kier alpha value is -2.85. The number of unbranched alkanes of at least 4 members (excludes halogenated alkanes) is 10. The predicted molar refractivity (Wildman–Crippen MR) is 167 cm³/mol. The number of carbonyl (C=O) groups is 5. The number of esters is 5. The molecular weight excluding hydrogens is 624 g/mol. The molecule has 0 saturated heterocycles. The van der Waals surface area contributed by atoms with Gasteiger partial charge < -0.3 is 49.2 Å². The van der Waals surface area contributed by atoms with Crippen molar-refractivity contribution in [1.82, 2.24) is 0 Å². The second-order valence-electron chi connectivity index (χ2n) is 10.6. The fourth-order valence-electron chi connectivity index (χ4n) is 3.67. The molecule has 0 rings (SSSR count). The predicted octanol–water partition coefficient (Wildman–Crippen LogP) is 2.69. The van der Waals surface area contributed by atoms with Crippen LogP contribution in [0.4, 0.5) is 0 Å². The molecule has 0 spiro atoms. The van der Waals surface area contributed by atoms with E-state index in [9.17, 15) is 24.0 Å². The van der Waals surface area contributed by atoms with E-state index >= 15 is 0 Å². The lowest BCUT2D eigenvalue weighted by molar-refractivity contribution is -0.258. The van der Waals surface area contributed by atoms with Gasteiger partial charge in [-0.05, 0) is 64.2 Å². The molecule has 0 amide bonds. The minimum atomic E-state index is -1.72. The van der Waals surface area contributed by atoms with Crippen LogP contribution in [0.1, 0.15) is 128 Å². The van der Waals surface area contributed by atoms with Crippen LogP contribution in [-0.4, -0.2) is 102 Å². The van der Waals surface area contributed by atoms with E-state index in [1.54, 1.807) is 0 Å². The average Bonchev–Trinajstić information content (AvgIpc) is 3.04. The lowest BCUT2D eigenvalue weighted by atomic mass is 10.2. The van der Waals surface area contributed by atoms with Crippen LogP contribution in [0.15, 0.2) is 0 Å². The van der Waals surface area contributed by atoms with Crippen LogP contribution in [0.3, 0.4) is 0 Å². The van der Waals surface area contributed by atoms with Crippen molar-refractivity contribution >= 4 is 29.8 Å². The van der Waals surface area contributed by atoms with Crippen LogP contribution in [0, 0.1) is 0 Å². The smallest absolute Gasteiger partial charge is 0.412 e. The molecule has 15 nitrogen and oxygen atoms in total. The quantitative estimate of drug-likeness (QED) is 0.0416. The highest BCUT2D eigenvalue weighted by Gasteiger charge is 2.23. The summed E-state index contributed by atoms with van der Waals surface area (Å²) in [5.41, 5.74) is 0. The minimum Gasteiger partial charge on any atom is -0.428 e. The summed E-state index contributed by atoms with van der Waals surface area (Å²) in [6.07, 6.45) is 10.1. The minimum absolute atomic E-state index is 0.0411. The maximum atomic E-state index is 11.9. The van der Waals surface area contributed by atoms with E-state index in [1.807, 2.05) is 0 Å². The van der Waals surface area contributed by atoms with Crippen LogP contribution in [-0.2, 0) is 47.7 Å². The molecule has 0 unspecified atom stereocenters. The maximum absolute atomic E-state index is 11.9. The van der Waals surface area contributed by atoms with Crippen molar-refractivity contribution in [1.29, 1.82) is 0 Å². The van der Waals surface area contributed by atoms with Crippen molar-refractivity contribution in [3.05, 3.63) is 0 Å². The van der Waals surface area contributed by atoms with Crippen molar-refractivity contribution in [2.75, 3.05) is 39.8 Å². The Morgan fingerprint density at radius 2 is 0.574 bits per heavy atom. The molecule has 0 fully saturated rings. The molecule has 0 aliphatic carbocycles. The van der Waals surface area contributed by atoms with Crippen LogP contribution in [0.5, 0.6) is 0 Å². The zero-order valence-corrected chi connectivity index (χ0v) is 27.8. The summed E-state index contributed by atoms with van der Waals surface area (Å²) < 4.78 is 24.4. The molecule has 15 heteroatoms. The van der Waals surface area contributed by atoms with Crippen LogP contribution < -0.4 is 0 Å². The third-order valence-electron chi connectivity index (χ3n) is 6.32. The second kappa shape index (κ2) is 36.0. The van der Waals surface area contributed by atoms with Crippen LogP contribution in [0.25, 0.3) is 0 Å². The summed E-state index contributed by atoms with van der Waals surface area (Å²) in [7, 11) is 0. The van der Waals surface area contributed by atoms with Gasteiger partial charge >= 0.3 is 36.3 Å². The van der Waals surface area contributed by atoms with Gasteiger partial charge in [0.2, 0.25) is 6.79 Å². The topological polar surface area (TPSA) is 233 Å². The summed E-state index contributed by atoms with van der Waals surface area (Å²) in [6, 6.07) is 0. The van der Waals surface area contributed by atoms with E-state index in [1.165, 1.54) is 0 Å². The van der Waals surface area contributed by atoms with Crippen LogP contribution in [0.2, 0.25) is 0 Å². The number of aliphatic hydroxyl groups is 5. The van der Waals surface area contributed by atoms with Crippen molar-refractivity contribution in [3.63, 3.8) is 0 Å². The summed E-state index contributed by atoms with van der Waals surface area (Å²) in [5, 5.41) is 43.3. The van der Waals surface area contributed by atoms with E-state index in [0.717, 1.165) is 12.8 Å². The first-order chi connectivity index (χ1) is 22.7. The molecule has 0 aromatic carbocycles. The van der Waals surface area contributed by atoms with E-state index in [2.05, 4.69) is 0 Å². The Morgan fingerprint density at radius 3 is 0.809 bits per heavy atom. The SMILES string of the molecule is O=C(CCCCCO)OC(OC(=O)CCCCCO)OC(=O)CCCCCO.O=C(CCCCCO)OCOC(=O)CCCCCO. The number of carbonyl (C=O) groups excluding carboxylic acids is 5. The Balaban J connectivity index is 0. The maximum Gasteiger partial charge on any atom is 0.412 e. The zero-order chi connectivity index (χ0) is 35.4. The van der Waals surface area contributed by atoms with Gasteiger partial charge in [0.1, 0.15) is 0 Å². The molecule has 0 bridgehead atoms. The van der Waals surface area contributed by atoms with E-state index in [4.69, 9.17) is 49.2 Å². The molecule has 47 heavy (non-hydrogen) atoms. The van der Waals surface area contributed by atoms with Crippen molar-refractivity contribution in [2.45, 2.75) is 135 Å². The second-order valence-corrected chi connectivity index (χ2v) is 10.6. The van der Waals surface area contributed by atoms with Gasteiger partial charge in [0.05, 0.1) is 0 Å². The summed E-state index contributed by atoms with van der Waals surface area (Å²) in [4.78, 5) is 57.9. The number of hydrogen-bond donors (Lipinski definition) is 5. The van der Waals surface area contributed by atoms with E-state index in [0.29, 0.717) is 83.5 Å². The summed E-state index contributed by atoms with van der Waals surface area (Å²) >= 11 is 0. The van der Waals surface area contributed by atoms with Gasteiger partial charge in [-0.25, -0.2) is 0 Å².